The fraction of sp³-hybridized carbons (Fsp3) is 0.391. The number of aromatic nitrogens is 2. The van der Waals surface area contributed by atoms with Crippen molar-refractivity contribution in [1.82, 2.24) is 15.1 Å². The summed E-state index contributed by atoms with van der Waals surface area (Å²) in [5.74, 6) is -5.28. The molecule has 2 amide bonds. The maximum Gasteiger partial charge on any atom is 0.407 e. The van der Waals surface area contributed by atoms with Gasteiger partial charge >= 0.3 is 12.1 Å². The number of amides is 2. The highest BCUT2D eigenvalue weighted by molar-refractivity contribution is 5.98. The maximum absolute atomic E-state index is 14.3. The van der Waals surface area contributed by atoms with Crippen LogP contribution in [0.25, 0.3) is 0 Å². The third-order valence-electron chi connectivity index (χ3n) is 4.97. The van der Waals surface area contributed by atoms with Gasteiger partial charge in [0.1, 0.15) is 17.2 Å². The van der Waals surface area contributed by atoms with E-state index in [2.05, 4.69) is 10.4 Å². The number of nitrogens with zero attached hydrogens (tertiary/aromatic N) is 3. The molecule has 0 aliphatic carbocycles. The van der Waals surface area contributed by atoms with Crippen LogP contribution in [0.2, 0.25) is 0 Å². The lowest BCUT2D eigenvalue weighted by atomic mass is 10.0. The van der Waals surface area contributed by atoms with E-state index in [4.69, 9.17) is 4.74 Å². The Morgan fingerprint density at radius 1 is 1.14 bits per heavy atom. The van der Waals surface area contributed by atoms with Gasteiger partial charge in [0.05, 0.1) is 17.8 Å². The van der Waals surface area contributed by atoms with E-state index < -0.39 is 53.5 Å². The number of rotatable bonds is 6. The highest BCUT2D eigenvalue weighted by Gasteiger charge is 2.30. The number of carbonyl (C=O) groups is 3. The molecule has 12 heteroatoms. The average Bonchev–Trinajstić information content (AvgIpc) is 3.09. The van der Waals surface area contributed by atoms with E-state index in [1.807, 2.05) is 0 Å². The van der Waals surface area contributed by atoms with Crippen LogP contribution < -0.4 is 10.2 Å². The van der Waals surface area contributed by atoms with E-state index >= 15 is 0 Å². The van der Waals surface area contributed by atoms with Crippen molar-refractivity contribution in [3.05, 3.63) is 58.7 Å². The van der Waals surface area contributed by atoms with E-state index in [1.165, 1.54) is 4.68 Å². The van der Waals surface area contributed by atoms with Gasteiger partial charge in [-0.05, 0) is 45.7 Å². The molecule has 3 rings (SSSR count). The molecule has 0 spiro atoms. The lowest BCUT2D eigenvalue weighted by Gasteiger charge is -2.28. The lowest BCUT2D eigenvalue weighted by molar-refractivity contribution is -0.132. The molecular formula is C23H25F3N4O5. The van der Waals surface area contributed by atoms with Gasteiger partial charge in [-0.15, -0.1) is 0 Å². The summed E-state index contributed by atoms with van der Waals surface area (Å²) in [6.07, 6.45) is -0.551. The first kappa shape index (κ1) is 25.8. The Morgan fingerprint density at radius 3 is 2.43 bits per heavy atom. The summed E-state index contributed by atoms with van der Waals surface area (Å²) in [5, 5.41) is 16.1. The third kappa shape index (κ3) is 6.40. The molecule has 0 radical (unpaired) electrons. The van der Waals surface area contributed by atoms with Crippen LogP contribution in [0.15, 0.2) is 30.0 Å². The normalized spacial score (nSPS) is 14.1. The molecule has 35 heavy (non-hydrogen) atoms. The molecule has 188 valence electrons. The summed E-state index contributed by atoms with van der Waals surface area (Å²) in [4.78, 5) is 38.2. The summed E-state index contributed by atoms with van der Waals surface area (Å²) >= 11 is 0. The zero-order valence-electron chi connectivity index (χ0n) is 19.6. The molecule has 1 aromatic carbocycles. The predicted molar refractivity (Wildman–Crippen MR) is 118 cm³/mol. The fourth-order valence-electron chi connectivity index (χ4n) is 3.53. The van der Waals surface area contributed by atoms with Crippen molar-refractivity contribution in [2.45, 2.75) is 58.7 Å². The van der Waals surface area contributed by atoms with Crippen LogP contribution in [0.1, 0.15) is 38.4 Å². The van der Waals surface area contributed by atoms with Gasteiger partial charge in [0.15, 0.2) is 11.6 Å². The molecule has 1 aliphatic rings. The quantitative estimate of drug-likeness (QED) is 0.595. The van der Waals surface area contributed by atoms with Crippen LogP contribution in [-0.2, 0) is 27.3 Å². The van der Waals surface area contributed by atoms with Gasteiger partial charge in [0.2, 0.25) is 5.91 Å². The Labute approximate surface area is 199 Å². The number of halogens is 3. The number of aryl methyl sites for hydroxylation is 1. The topological polar surface area (TPSA) is 114 Å². The minimum Gasteiger partial charge on any atom is -0.478 e. The summed E-state index contributed by atoms with van der Waals surface area (Å²) in [5.41, 5.74) is -0.691. The molecule has 1 atom stereocenters. The standard InChI is InChI=1S/C23H25F3N4O5/c1-12-5-19-29(10-14(21(32)33)11-30(19)28-12)20(31)8-15(27-22(34)35-23(2,3)4)6-13-7-17(25)18(26)9-16(13)24/h5,7,9-10,15H,6,8,11H2,1-4H3,(H,27,34)(H,32,33)/t15-/m1/s1. The van der Waals surface area contributed by atoms with Crippen molar-refractivity contribution < 1.29 is 37.4 Å². The van der Waals surface area contributed by atoms with Crippen molar-refractivity contribution in [2.24, 2.45) is 0 Å². The summed E-state index contributed by atoms with van der Waals surface area (Å²) < 4.78 is 48.0. The van der Waals surface area contributed by atoms with Gasteiger partial charge in [-0.2, -0.15) is 5.10 Å². The Hall–Kier alpha value is -3.83. The molecule has 0 fully saturated rings. The van der Waals surface area contributed by atoms with E-state index in [0.717, 1.165) is 11.1 Å². The number of aliphatic carboxylic acids is 1. The molecule has 0 saturated carbocycles. The van der Waals surface area contributed by atoms with Crippen molar-refractivity contribution in [3.8, 4) is 0 Å². The zero-order chi connectivity index (χ0) is 26.1. The molecule has 2 N–H and O–H groups in total. The second-order valence-corrected chi connectivity index (χ2v) is 9.13. The van der Waals surface area contributed by atoms with E-state index in [-0.39, 0.29) is 24.1 Å². The van der Waals surface area contributed by atoms with Crippen LogP contribution in [0, 0.1) is 24.4 Å². The van der Waals surface area contributed by atoms with Gasteiger partial charge < -0.3 is 15.2 Å². The van der Waals surface area contributed by atoms with Gasteiger partial charge in [0, 0.05) is 30.8 Å². The number of ether oxygens (including phenoxy) is 1. The van der Waals surface area contributed by atoms with Crippen molar-refractivity contribution in [1.29, 1.82) is 0 Å². The smallest absolute Gasteiger partial charge is 0.407 e. The Morgan fingerprint density at radius 2 is 1.80 bits per heavy atom. The van der Waals surface area contributed by atoms with Crippen LogP contribution in [0.5, 0.6) is 0 Å². The fourth-order valence-corrected chi connectivity index (χ4v) is 3.53. The van der Waals surface area contributed by atoms with Gasteiger partial charge in [-0.1, -0.05) is 0 Å². The number of alkyl carbamates (subject to hydrolysis) is 1. The van der Waals surface area contributed by atoms with Crippen molar-refractivity contribution in [2.75, 3.05) is 4.90 Å². The molecule has 2 aromatic rings. The Balaban J connectivity index is 1.90. The number of carbonyl (C=O) groups excluding carboxylic acids is 2. The monoisotopic (exact) mass is 494 g/mol. The van der Waals surface area contributed by atoms with Gasteiger partial charge in [-0.3, -0.25) is 9.69 Å². The number of carboxylic acid groups (broad SMARTS) is 1. The number of benzene rings is 1. The average molecular weight is 494 g/mol. The summed E-state index contributed by atoms with van der Waals surface area (Å²) in [6.45, 7) is 6.49. The van der Waals surface area contributed by atoms with Gasteiger partial charge in [0.25, 0.3) is 0 Å². The van der Waals surface area contributed by atoms with E-state index in [9.17, 15) is 32.7 Å². The number of fused-ring (bicyclic) bond motifs is 1. The highest BCUT2D eigenvalue weighted by Crippen LogP contribution is 2.26. The number of nitrogens with one attached hydrogen (secondary N) is 1. The third-order valence-corrected chi connectivity index (χ3v) is 4.97. The molecule has 1 aromatic heterocycles. The van der Waals surface area contributed by atoms with E-state index in [0.29, 0.717) is 23.6 Å². The largest absolute Gasteiger partial charge is 0.478 e. The molecule has 0 bridgehead atoms. The Kier molecular flexibility index (Phi) is 7.22. The second-order valence-electron chi connectivity index (χ2n) is 9.13. The van der Waals surface area contributed by atoms with E-state index in [1.54, 1.807) is 33.8 Å². The zero-order valence-corrected chi connectivity index (χ0v) is 19.6. The summed E-state index contributed by atoms with van der Waals surface area (Å²) in [6, 6.07) is 1.52. The van der Waals surface area contributed by atoms with Crippen molar-refractivity contribution in [3.63, 3.8) is 0 Å². The Bertz CT molecular complexity index is 1200. The second kappa shape index (κ2) is 9.80. The highest BCUT2D eigenvalue weighted by atomic mass is 19.2. The van der Waals surface area contributed by atoms with Crippen molar-refractivity contribution >= 4 is 23.8 Å². The molecule has 9 nitrogen and oxygen atoms in total. The molecule has 1 aliphatic heterocycles. The minimum absolute atomic E-state index is 0.0536. The minimum atomic E-state index is -1.37. The van der Waals surface area contributed by atoms with Crippen LogP contribution in [0.4, 0.5) is 23.8 Å². The predicted octanol–water partition coefficient (Wildman–Crippen LogP) is 3.45. The lowest BCUT2D eigenvalue weighted by Crippen LogP contribution is -2.44. The van der Waals surface area contributed by atoms with Gasteiger partial charge in [-0.25, -0.2) is 27.4 Å². The van der Waals surface area contributed by atoms with Crippen LogP contribution in [-0.4, -0.2) is 44.5 Å². The first-order valence-electron chi connectivity index (χ1n) is 10.7. The maximum atomic E-state index is 14.3. The summed E-state index contributed by atoms with van der Waals surface area (Å²) in [7, 11) is 0. The number of hydrogen-bond acceptors (Lipinski definition) is 5. The SMILES string of the molecule is Cc1cc2n(n1)CC(C(=O)O)=CN2C(=O)C[C@@H](Cc1cc(F)c(F)cc1F)NC(=O)OC(C)(C)C. The first-order valence-corrected chi connectivity index (χ1v) is 10.7. The van der Waals surface area contributed by atoms with Crippen LogP contribution in [0.3, 0.4) is 0 Å². The molecular weight excluding hydrogens is 469 g/mol. The molecule has 2 heterocycles. The molecule has 0 saturated heterocycles. The molecule has 0 unspecified atom stereocenters. The first-order chi connectivity index (χ1) is 16.2. The number of carboxylic acids is 1. The van der Waals surface area contributed by atoms with Crippen LogP contribution >= 0.6 is 0 Å². The number of anilines is 1. The number of hydrogen-bond donors (Lipinski definition) is 2.